The highest BCUT2D eigenvalue weighted by molar-refractivity contribution is 8.01. The Bertz CT molecular complexity index is 2120. The van der Waals surface area contributed by atoms with Crippen molar-refractivity contribution in [3.8, 4) is 11.1 Å². The molecule has 8 N–H and O–H groups in total. The first-order valence-electron chi connectivity index (χ1n) is 16.0. The number of alkyl halides is 3. The van der Waals surface area contributed by atoms with Crippen molar-refractivity contribution in [2.45, 2.75) is 65.6 Å². The number of halogens is 3. The van der Waals surface area contributed by atoms with Crippen LogP contribution in [-0.2, 0) is 34.1 Å². The predicted molar refractivity (Wildman–Crippen MR) is 204 cm³/mol. The summed E-state index contributed by atoms with van der Waals surface area (Å²) in [6.07, 6.45) is -0.474. The van der Waals surface area contributed by atoms with E-state index in [2.05, 4.69) is 16.0 Å². The normalized spacial score (nSPS) is 11.5. The van der Waals surface area contributed by atoms with Crippen LogP contribution in [0.3, 0.4) is 0 Å². The van der Waals surface area contributed by atoms with Crippen LogP contribution in [0.25, 0.3) is 11.1 Å². The molecule has 0 fully saturated rings. The van der Waals surface area contributed by atoms with Crippen molar-refractivity contribution in [1.29, 1.82) is 5.41 Å². The van der Waals surface area contributed by atoms with Crippen molar-refractivity contribution in [3.05, 3.63) is 52.9 Å². The van der Waals surface area contributed by atoms with E-state index in [0.717, 1.165) is 17.6 Å². The molecule has 22 heteroatoms. The number of benzene rings is 2. The molecule has 1 heterocycles. The average molecular weight is 852 g/mol. The van der Waals surface area contributed by atoms with Crippen molar-refractivity contribution in [2.24, 2.45) is 5.73 Å². The number of carbonyl (C=O) groups is 4. The molecule has 15 nitrogen and oxygen atoms in total. The molecule has 0 aliphatic carbocycles. The van der Waals surface area contributed by atoms with E-state index in [1.165, 1.54) is 36.0 Å². The van der Waals surface area contributed by atoms with Crippen LogP contribution in [0.1, 0.15) is 49.0 Å². The first-order valence-corrected chi connectivity index (χ1v) is 21.6. The van der Waals surface area contributed by atoms with Crippen LogP contribution in [-0.4, -0.2) is 87.7 Å². The van der Waals surface area contributed by atoms with E-state index in [4.69, 9.17) is 26.2 Å². The van der Waals surface area contributed by atoms with Crippen LogP contribution in [0.15, 0.2) is 56.5 Å². The maximum Gasteiger partial charge on any atom is 0.490 e. The van der Waals surface area contributed by atoms with Gasteiger partial charge in [-0.3, -0.25) is 15.0 Å². The summed E-state index contributed by atoms with van der Waals surface area (Å²) in [6.45, 7) is 2.06. The highest BCUT2D eigenvalue weighted by Gasteiger charge is 2.38. The Kier molecular flexibility index (Phi) is 17.2. The number of nitrogens with one attached hydrogen (secondary N) is 4. The zero-order chi connectivity index (χ0) is 41.7. The number of urea groups is 1. The Morgan fingerprint density at radius 1 is 0.945 bits per heavy atom. The molecule has 302 valence electrons. The van der Waals surface area contributed by atoms with Crippen molar-refractivity contribution in [1.82, 2.24) is 5.32 Å². The zero-order valence-electron chi connectivity index (χ0n) is 29.7. The molecule has 3 rings (SSSR count). The second-order valence-corrected chi connectivity index (χ2v) is 18.1. The van der Waals surface area contributed by atoms with E-state index in [-0.39, 0.29) is 46.3 Å². The Balaban J connectivity index is 0.00000136. The lowest BCUT2D eigenvalue weighted by Gasteiger charge is -2.18. The molecule has 3 aromatic rings. The average Bonchev–Trinajstić information content (AvgIpc) is 3.52. The van der Waals surface area contributed by atoms with Crippen LogP contribution < -0.4 is 21.7 Å². The number of sulfone groups is 2. The first kappa shape index (κ1) is 46.5. The van der Waals surface area contributed by atoms with Gasteiger partial charge in [-0.1, -0.05) is 18.6 Å². The van der Waals surface area contributed by atoms with E-state index >= 15 is 0 Å². The smallest absolute Gasteiger partial charge is 0.481 e. The molecule has 0 bridgehead atoms. The van der Waals surface area contributed by atoms with E-state index in [1.54, 1.807) is 31.4 Å². The number of unbranched alkanes of at least 4 members (excludes halogenated alkanes) is 2. The number of anilines is 2. The third-order valence-corrected chi connectivity index (χ3v) is 12.6. The minimum absolute atomic E-state index is 0.0158. The number of nitrogen functional groups attached to an aromatic ring is 1. The SMILES string of the molecule is CSc1sc(C(=N)N)cc1S(=O)(=O)c1cccc(-c2c(C)cc(NC(=O)NCCCCCC(=O)O)cc2NC(=O)CCCS(C)(=O)=O)c1.O=C(O)C(F)(F)F. The molecular weight excluding hydrogens is 812 g/mol. The van der Waals surface area contributed by atoms with Crippen LogP contribution in [0.4, 0.5) is 29.3 Å². The summed E-state index contributed by atoms with van der Waals surface area (Å²) in [7, 11) is -7.32. The number of carbonyl (C=O) groups excluding carboxylic acids is 2. The van der Waals surface area contributed by atoms with Gasteiger partial charge in [-0.2, -0.15) is 13.2 Å². The highest BCUT2D eigenvalue weighted by atomic mass is 32.2. The largest absolute Gasteiger partial charge is 0.490 e. The number of thioether (sulfide) groups is 1. The predicted octanol–water partition coefficient (Wildman–Crippen LogP) is 5.73. The number of thiophene rings is 1. The Morgan fingerprint density at radius 3 is 2.16 bits per heavy atom. The van der Waals surface area contributed by atoms with E-state index < -0.39 is 49.7 Å². The quantitative estimate of drug-likeness (QED) is 0.0372. The van der Waals surface area contributed by atoms with Gasteiger partial charge in [0.1, 0.15) is 15.7 Å². The third-order valence-electron chi connectivity index (χ3n) is 7.22. The monoisotopic (exact) mass is 851 g/mol. The van der Waals surface area contributed by atoms with Gasteiger partial charge in [0.15, 0.2) is 0 Å². The Hall–Kier alpha value is -4.67. The maximum absolute atomic E-state index is 13.8. The lowest BCUT2D eigenvalue weighted by atomic mass is 9.97. The van der Waals surface area contributed by atoms with E-state index in [1.807, 2.05) is 0 Å². The number of aryl methyl sites for hydroxylation is 1. The lowest BCUT2D eigenvalue weighted by Crippen LogP contribution is -2.29. The summed E-state index contributed by atoms with van der Waals surface area (Å²) in [4.78, 5) is 45.5. The fourth-order valence-corrected chi connectivity index (χ4v) is 9.34. The summed E-state index contributed by atoms with van der Waals surface area (Å²) in [5.41, 5.74) is 7.80. The topological polar surface area (TPSA) is 263 Å². The van der Waals surface area contributed by atoms with Crippen molar-refractivity contribution in [3.63, 3.8) is 0 Å². The number of rotatable bonds is 17. The van der Waals surface area contributed by atoms with Gasteiger partial charge in [0.2, 0.25) is 15.7 Å². The molecule has 1 aromatic heterocycles. The number of aliphatic carboxylic acids is 2. The summed E-state index contributed by atoms with van der Waals surface area (Å²) < 4.78 is 83.0. The summed E-state index contributed by atoms with van der Waals surface area (Å²) in [6, 6.07) is 10.3. The van der Waals surface area contributed by atoms with Crippen LogP contribution in [0.2, 0.25) is 0 Å². The molecule has 0 atom stereocenters. The summed E-state index contributed by atoms with van der Waals surface area (Å²) in [5.74, 6) is -4.51. The van der Waals surface area contributed by atoms with Crippen molar-refractivity contribution in [2.75, 3.05) is 35.4 Å². The third kappa shape index (κ3) is 15.2. The molecule has 0 radical (unpaired) electrons. The van der Waals surface area contributed by atoms with Crippen LogP contribution >= 0.6 is 23.1 Å². The van der Waals surface area contributed by atoms with Gasteiger partial charge < -0.3 is 31.9 Å². The minimum atomic E-state index is -5.08. The van der Waals surface area contributed by atoms with Gasteiger partial charge >= 0.3 is 24.1 Å². The molecule has 0 unspecified atom stereocenters. The molecule has 0 aliphatic rings. The molecule has 3 amide bonds. The second kappa shape index (κ2) is 20.3. The van der Waals surface area contributed by atoms with Gasteiger partial charge in [-0.15, -0.1) is 23.1 Å². The van der Waals surface area contributed by atoms with Crippen LogP contribution in [0.5, 0.6) is 0 Å². The lowest BCUT2D eigenvalue weighted by molar-refractivity contribution is -0.192. The minimum Gasteiger partial charge on any atom is -0.481 e. The number of amides is 3. The van der Waals surface area contributed by atoms with Crippen LogP contribution in [0, 0.1) is 12.3 Å². The Labute approximate surface area is 323 Å². The molecule has 0 spiro atoms. The fourth-order valence-electron chi connectivity index (χ4n) is 4.77. The van der Waals surface area contributed by atoms with E-state index in [9.17, 15) is 44.4 Å². The molecule has 0 saturated heterocycles. The fraction of sp³-hybridized carbons (Fsp3) is 0.364. The molecule has 55 heavy (non-hydrogen) atoms. The number of carboxylic acids is 2. The van der Waals surface area contributed by atoms with Crippen molar-refractivity contribution >= 4 is 83.9 Å². The number of hydrogen-bond acceptors (Lipinski definition) is 11. The summed E-state index contributed by atoms with van der Waals surface area (Å²) >= 11 is 2.34. The number of nitrogens with two attached hydrogens (primary N) is 1. The molecule has 0 aliphatic heterocycles. The first-order chi connectivity index (χ1) is 25.5. The number of amidine groups is 1. The maximum atomic E-state index is 13.8. The zero-order valence-corrected chi connectivity index (χ0v) is 33.0. The summed E-state index contributed by atoms with van der Waals surface area (Å²) in [5, 5.41) is 31.9. The number of hydrogen-bond donors (Lipinski definition) is 7. The van der Waals surface area contributed by atoms with E-state index in [0.29, 0.717) is 57.3 Å². The van der Waals surface area contributed by atoms with Gasteiger partial charge in [-0.05, 0) is 73.9 Å². The van der Waals surface area contributed by atoms with Gasteiger partial charge in [0, 0.05) is 36.9 Å². The van der Waals surface area contributed by atoms with Crippen molar-refractivity contribution < 1.29 is 59.4 Å². The molecule has 0 saturated carbocycles. The second-order valence-electron chi connectivity index (χ2n) is 11.8. The van der Waals surface area contributed by atoms with Gasteiger partial charge in [-0.25, -0.2) is 26.4 Å². The molecular formula is C33H40F3N5O10S4. The van der Waals surface area contributed by atoms with Gasteiger partial charge in [0.25, 0.3) is 0 Å². The standard InChI is InChI=1S/C31H39N5O8S4.C2HF3O2/c1-19-15-21(35-31(40)34-13-6-4-5-12-27(38)39)17-23(36-26(37)11-8-14-47(3,41)42)28(19)20-9-7-10-22(16-20)48(43,44)25-18-24(29(32)33)46-30(25)45-2;3-2(4,5)1(6)7/h7,9-10,15-18H,4-6,8,11-14H2,1-3H3,(H3,32,33)(H,36,37)(H,38,39)(H2,34,35,40);(H,6,7). The Morgan fingerprint density at radius 2 is 1.60 bits per heavy atom. The highest BCUT2D eigenvalue weighted by Crippen LogP contribution is 2.39. The van der Waals surface area contributed by atoms with Gasteiger partial charge in [0.05, 0.1) is 30.3 Å². The number of carboxylic acid groups (broad SMARTS) is 2. The molecule has 2 aromatic carbocycles.